The second-order valence-corrected chi connectivity index (χ2v) is 12.1. The van der Waals surface area contributed by atoms with Crippen LogP contribution in [0.3, 0.4) is 0 Å². The number of anilines is 1. The van der Waals surface area contributed by atoms with Crippen LogP contribution in [0.25, 0.3) is 10.9 Å². The number of hydrogen-bond donors (Lipinski definition) is 2. The van der Waals surface area contributed by atoms with Crippen molar-refractivity contribution in [1.29, 1.82) is 5.26 Å². The first-order valence-corrected chi connectivity index (χ1v) is 14.2. The molecule has 3 aromatic rings. The lowest BCUT2D eigenvalue weighted by Gasteiger charge is -2.42. The molecule has 2 aromatic carbocycles. The Morgan fingerprint density at radius 2 is 1.79 bits per heavy atom. The molecular weight excluding hydrogens is 472 g/mol. The van der Waals surface area contributed by atoms with Gasteiger partial charge in [-0.2, -0.15) is 5.26 Å². The summed E-state index contributed by atoms with van der Waals surface area (Å²) in [5.74, 6) is 0.0667. The van der Waals surface area contributed by atoms with Crippen molar-refractivity contribution in [3.05, 3.63) is 63.8 Å². The number of aromatic nitrogens is 1. The van der Waals surface area contributed by atoms with E-state index >= 15 is 0 Å². The van der Waals surface area contributed by atoms with Crippen LogP contribution in [0, 0.1) is 11.3 Å². The van der Waals surface area contributed by atoms with E-state index in [1.54, 1.807) is 6.07 Å². The van der Waals surface area contributed by atoms with Gasteiger partial charge in [0.25, 0.3) is 0 Å². The monoisotopic (exact) mass is 510 g/mol. The smallest absolute Gasteiger partial charge is 0.195 e. The number of ketones is 1. The molecule has 3 aliphatic rings. The number of piperazine rings is 1. The molecule has 0 radical (unpaired) electrons. The number of nitriles is 1. The van der Waals surface area contributed by atoms with Crippen molar-refractivity contribution in [2.45, 2.75) is 70.3 Å². The fraction of sp³-hybridized carbons (Fsp3) is 0.500. The first-order chi connectivity index (χ1) is 18.2. The van der Waals surface area contributed by atoms with Crippen LogP contribution in [0.4, 0.5) is 5.69 Å². The fourth-order valence-corrected chi connectivity index (χ4v) is 7.09. The molecule has 6 rings (SSSR count). The summed E-state index contributed by atoms with van der Waals surface area (Å²) >= 11 is 0. The molecular formula is C32H38N4O2. The molecule has 2 heterocycles. The minimum atomic E-state index is -0.517. The SMILES string of the molecule is CCc1cc2c(cc1N1CCN(CC3(O)CCCCC3)CC1)C(C)(C)c1[nH]c3cc(C#N)ccc3c1C2=O. The number of β-amino-alcohol motifs (C(OH)–C–C–N with tert-alkyl or cyclic N) is 1. The van der Waals surface area contributed by atoms with E-state index in [2.05, 4.69) is 53.8 Å². The topological polar surface area (TPSA) is 83.4 Å². The van der Waals surface area contributed by atoms with Gasteiger partial charge < -0.3 is 15.0 Å². The van der Waals surface area contributed by atoms with Crippen LogP contribution in [0.1, 0.15) is 91.2 Å². The van der Waals surface area contributed by atoms with Crippen molar-refractivity contribution in [3.8, 4) is 6.07 Å². The van der Waals surface area contributed by atoms with Crippen molar-refractivity contribution >= 4 is 22.4 Å². The van der Waals surface area contributed by atoms with Gasteiger partial charge in [-0.05, 0) is 54.7 Å². The van der Waals surface area contributed by atoms with Crippen LogP contribution in [-0.2, 0) is 11.8 Å². The summed E-state index contributed by atoms with van der Waals surface area (Å²) in [6.07, 6.45) is 6.23. The minimum Gasteiger partial charge on any atom is -0.389 e. The van der Waals surface area contributed by atoms with E-state index in [-0.39, 0.29) is 11.2 Å². The number of aliphatic hydroxyl groups is 1. The van der Waals surface area contributed by atoms with Crippen LogP contribution in [-0.4, -0.2) is 59.1 Å². The van der Waals surface area contributed by atoms with Crippen molar-refractivity contribution in [2.75, 3.05) is 37.6 Å². The molecule has 1 aromatic heterocycles. The summed E-state index contributed by atoms with van der Waals surface area (Å²) in [6.45, 7) is 11.1. The molecule has 2 fully saturated rings. The van der Waals surface area contributed by atoms with Crippen LogP contribution in [0.5, 0.6) is 0 Å². The Kier molecular flexibility index (Phi) is 6.13. The van der Waals surface area contributed by atoms with Gasteiger partial charge in [0.2, 0.25) is 0 Å². The summed E-state index contributed by atoms with van der Waals surface area (Å²) in [7, 11) is 0. The first kappa shape index (κ1) is 25.2. The van der Waals surface area contributed by atoms with Gasteiger partial charge in [-0.15, -0.1) is 0 Å². The lowest BCUT2D eigenvalue weighted by molar-refractivity contribution is -0.0271. The summed E-state index contributed by atoms with van der Waals surface area (Å²) in [4.78, 5) is 22.3. The van der Waals surface area contributed by atoms with E-state index in [0.29, 0.717) is 5.56 Å². The van der Waals surface area contributed by atoms with Gasteiger partial charge in [0, 0.05) is 66.0 Å². The molecule has 1 saturated carbocycles. The number of aryl methyl sites for hydroxylation is 1. The Balaban J connectivity index is 1.31. The quantitative estimate of drug-likeness (QED) is 0.498. The molecule has 0 atom stereocenters. The van der Waals surface area contributed by atoms with E-state index in [9.17, 15) is 15.2 Å². The van der Waals surface area contributed by atoms with Crippen LogP contribution >= 0.6 is 0 Å². The molecule has 2 aliphatic carbocycles. The molecule has 0 unspecified atom stereocenters. The van der Waals surface area contributed by atoms with Gasteiger partial charge in [0.05, 0.1) is 22.8 Å². The third kappa shape index (κ3) is 4.04. The Morgan fingerprint density at radius 1 is 1.05 bits per heavy atom. The van der Waals surface area contributed by atoms with E-state index < -0.39 is 5.60 Å². The average molecular weight is 511 g/mol. The highest BCUT2D eigenvalue weighted by Crippen LogP contribution is 2.46. The lowest BCUT2D eigenvalue weighted by atomic mass is 9.70. The highest BCUT2D eigenvalue weighted by Gasteiger charge is 2.41. The first-order valence-electron chi connectivity index (χ1n) is 14.2. The van der Waals surface area contributed by atoms with Gasteiger partial charge in [0.15, 0.2) is 5.78 Å². The number of H-pyrrole nitrogens is 1. The molecule has 1 aliphatic heterocycles. The summed E-state index contributed by atoms with van der Waals surface area (Å²) in [5, 5.41) is 21.3. The van der Waals surface area contributed by atoms with E-state index in [1.807, 2.05) is 12.1 Å². The second-order valence-electron chi connectivity index (χ2n) is 12.1. The Bertz CT molecular complexity index is 1450. The lowest BCUT2D eigenvalue weighted by Crippen LogP contribution is -2.52. The van der Waals surface area contributed by atoms with Crippen LogP contribution in [0.2, 0.25) is 0 Å². The molecule has 6 nitrogen and oxygen atoms in total. The third-order valence-electron chi connectivity index (χ3n) is 9.31. The average Bonchev–Trinajstić information content (AvgIpc) is 3.32. The number of nitrogens with zero attached hydrogens (tertiary/aromatic N) is 3. The summed E-state index contributed by atoms with van der Waals surface area (Å²) < 4.78 is 0. The predicted molar refractivity (Wildman–Crippen MR) is 151 cm³/mol. The van der Waals surface area contributed by atoms with Crippen molar-refractivity contribution < 1.29 is 9.90 Å². The van der Waals surface area contributed by atoms with Gasteiger partial charge >= 0.3 is 0 Å². The van der Waals surface area contributed by atoms with E-state index in [4.69, 9.17) is 0 Å². The predicted octanol–water partition coefficient (Wildman–Crippen LogP) is 5.29. The summed E-state index contributed by atoms with van der Waals surface area (Å²) in [6, 6.07) is 12.1. The molecule has 38 heavy (non-hydrogen) atoms. The van der Waals surface area contributed by atoms with Gasteiger partial charge in [0.1, 0.15) is 0 Å². The largest absolute Gasteiger partial charge is 0.389 e. The van der Waals surface area contributed by atoms with Gasteiger partial charge in [-0.25, -0.2) is 0 Å². The maximum atomic E-state index is 13.9. The van der Waals surface area contributed by atoms with Crippen LogP contribution < -0.4 is 4.90 Å². The zero-order valence-corrected chi connectivity index (χ0v) is 22.9. The van der Waals surface area contributed by atoms with Crippen molar-refractivity contribution in [2.24, 2.45) is 0 Å². The molecule has 198 valence electrons. The maximum absolute atomic E-state index is 13.9. The fourth-order valence-electron chi connectivity index (χ4n) is 7.09. The molecule has 0 bridgehead atoms. The van der Waals surface area contributed by atoms with Crippen molar-refractivity contribution in [3.63, 3.8) is 0 Å². The number of carbonyl (C=O) groups is 1. The Hall–Kier alpha value is -3.14. The number of carbonyl (C=O) groups excluding carboxylic acids is 1. The number of rotatable bonds is 4. The Labute approximate surface area is 225 Å². The molecule has 0 amide bonds. The zero-order valence-electron chi connectivity index (χ0n) is 22.9. The van der Waals surface area contributed by atoms with E-state index in [0.717, 1.165) is 98.1 Å². The third-order valence-corrected chi connectivity index (χ3v) is 9.31. The second kappa shape index (κ2) is 9.25. The normalized spacial score (nSPS) is 20.7. The van der Waals surface area contributed by atoms with Crippen LogP contribution in [0.15, 0.2) is 30.3 Å². The van der Waals surface area contributed by atoms with Crippen molar-refractivity contribution in [1.82, 2.24) is 9.88 Å². The molecule has 0 spiro atoms. The van der Waals surface area contributed by atoms with Gasteiger partial charge in [-0.1, -0.05) is 46.1 Å². The standard InChI is InChI=1S/C32H38N4O2/c1-4-22-17-24-25(18-27(22)36-14-12-35(13-15-36)20-32(38)10-6-5-7-11-32)31(2,3)30-28(29(24)37)23-9-8-21(19-33)16-26(23)34-30/h8-9,16-18,34,38H,4-7,10-15,20H2,1-3H3. The Morgan fingerprint density at radius 3 is 2.47 bits per heavy atom. The van der Waals surface area contributed by atoms with Gasteiger partial charge in [-0.3, -0.25) is 9.69 Å². The number of hydrogen-bond acceptors (Lipinski definition) is 5. The number of benzene rings is 2. The zero-order chi connectivity index (χ0) is 26.7. The molecule has 6 heteroatoms. The molecule has 2 N–H and O–H groups in total. The number of fused-ring (bicyclic) bond motifs is 4. The molecule has 1 saturated heterocycles. The minimum absolute atomic E-state index is 0.0667. The highest BCUT2D eigenvalue weighted by atomic mass is 16.3. The maximum Gasteiger partial charge on any atom is 0.195 e. The van der Waals surface area contributed by atoms with E-state index in [1.165, 1.54) is 17.7 Å². The number of nitrogens with one attached hydrogen (secondary N) is 1. The number of aromatic amines is 1. The highest BCUT2D eigenvalue weighted by molar-refractivity contribution is 6.20. The summed E-state index contributed by atoms with van der Waals surface area (Å²) in [5.41, 5.74) is 6.51.